The van der Waals surface area contributed by atoms with Crippen molar-refractivity contribution < 1.29 is 14.6 Å². The molecule has 0 fully saturated rings. The number of phenolic OH excluding ortho intramolecular Hbond substituents is 1. The number of carbonyl (C=O) groups is 1. The third-order valence-corrected chi connectivity index (χ3v) is 2.85. The van der Waals surface area contributed by atoms with Crippen molar-refractivity contribution in [2.24, 2.45) is 0 Å². The molecule has 0 heterocycles. The van der Waals surface area contributed by atoms with Gasteiger partial charge in [0.05, 0.1) is 7.11 Å². The average molecular weight is 256 g/mol. The van der Waals surface area contributed by atoms with Crippen LogP contribution in [-0.2, 0) is 17.6 Å². The normalized spacial score (nSPS) is 10.2. The first kappa shape index (κ1) is 13.1. The number of hydrogen-bond acceptors (Lipinski definition) is 3. The second-order valence-corrected chi connectivity index (χ2v) is 4.41. The fourth-order valence-corrected chi connectivity index (χ4v) is 1.97. The van der Waals surface area contributed by atoms with Crippen molar-refractivity contribution in [3.63, 3.8) is 0 Å². The molecule has 0 saturated carbocycles. The first-order valence-electron chi connectivity index (χ1n) is 6.10. The highest BCUT2D eigenvalue weighted by molar-refractivity contribution is 5.83. The number of aromatic hydroxyl groups is 1. The molecule has 0 saturated heterocycles. The third-order valence-electron chi connectivity index (χ3n) is 2.85. The summed E-state index contributed by atoms with van der Waals surface area (Å²) < 4.78 is 5.13. The number of ether oxygens (including phenoxy) is 1. The minimum absolute atomic E-state index is 0.110. The summed E-state index contributed by atoms with van der Waals surface area (Å²) in [6, 6.07) is 14.3. The van der Waals surface area contributed by atoms with Crippen molar-refractivity contribution in [2.45, 2.75) is 12.8 Å². The van der Waals surface area contributed by atoms with E-state index in [0.29, 0.717) is 12.8 Å². The summed E-state index contributed by atoms with van der Waals surface area (Å²) in [5, 5.41) is 9.36. The summed E-state index contributed by atoms with van der Waals surface area (Å²) in [4.78, 5) is 12.0. The molecule has 3 nitrogen and oxygen atoms in total. The van der Waals surface area contributed by atoms with Crippen molar-refractivity contribution in [1.82, 2.24) is 0 Å². The van der Waals surface area contributed by atoms with Gasteiger partial charge >= 0.3 is 0 Å². The maximum atomic E-state index is 12.0. The lowest BCUT2D eigenvalue weighted by atomic mass is 10.0. The molecule has 2 aromatic carbocycles. The van der Waals surface area contributed by atoms with Crippen molar-refractivity contribution in [1.29, 1.82) is 0 Å². The van der Waals surface area contributed by atoms with Gasteiger partial charge in [-0.2, -0.15) is 0 Å². The number of rotatable bonds is 5. The molecule has 2 aromatic rings. The monoisotopic (exact) mass is 256 g/mol. The predicted molar refractivity (Wildman–Crippen MR) is 73.5 cm³/mol. The Hall–Kier alpha value is -2.29. The van der Waals surface area contributed by atoms with Gasteiger partial charge in [-0.1, -0.05) is 24.3 Å². The van der Waals surface area contributed by atoms with E-state index in [1.54, 1.807) is 25.3 Å². The summed E-state index contributed by atoms with van der Waals surface area (Å²) in [7, 11) is 1.60. The van der Waals surface area contributed by atoms with E-state index >= 15 is 0 Å². The Balaban J connectivity index is 2.01. The summed E-state index contributed by atoms with van der Waals surface area (Å²) in [6.07, 6.45) is 0.693. The average Bonchev–Trinajstić information content (AvgIpc) is 2.38. The number of ketones is 1. The van der Waals surface area contributed by atoms with E-state index in [9.17, 15) is 9.90 Å². The molecule has 0 radical (unpaired) electrons. The molecule has 1 N–H and O–H groups in total. The van der Waals surface area contributed by atoms with E-state index in [1.807, 2.05) is 30.3 Å². The highest BCUT2D eigenvalue weighted by Gasteiger charge is 2.06. The Morgan fingerprint density at radius 1 is 1.05 bits per heavy atom. The molecular formula is C16H16O3. The zero-order valence-corrected chi connectivity index (χ0v) is 10.8. The maximum absolute atomic E-state index is 12.0. The van der Waals surface area contributed by atoms with E-state index in [0.717, 1.165) is 16.9 Å². The molecule has 0 spiro atoms. The summed E-state index contributed by atoms with van der Waals surface area (Å²) in [5.74, 6) is 1.05. The van der Waals surface area contributed by atoms with Gasteiger partial charge in [-0.3, -0.25) is 4.79 Å². The number of phenols is 1. The Labute approximate surface area is 112 Å². The summed E-state index contributed by atoms with van der Waals surface area (Å²) >= 11 is 0. The van der Waals surface area contributed by atoms with Crippen LogP contribution in [0.3, 0.4) is 0 Å². The first-order chi connectivity index (χ1) is 9.17. The van der Waals surface area contributed by atoms with Crippen molar-refractivity contribution in [2.75, 3.05) is 7.11 Å². The Morgan fingerprint density at radius 3 is 2.32 bits per heavy atom. The fraction of sp³-hybridized carbons (Fsp3) is 0.188. The standard InChI is InChI=1S/C16H16O3/c1-19-16-7-3-5-13(11-16)10-15(18)9-12-4-2-6-14(17)8-12/h2-8,11,17H,9-10H2,1H3. The predicted octanol–water partition coefficient (Wildman–Crippen LogP) is 2.76. The minimum atomic E-state index is 0.110. The number of methoxy groups -OCH3 is 1. The van der Waals surface area contributed by atoms with E-state index < -0.39 is 0 Å². The van der Waals surface area contributed by atoms with Gasteiger partial charge in [-0.05, 0) is 35.4 Å². The zero-order chi connectivity index (χ0) is 13.7. The molecule has 0 aliphatic rings. The molecule has 0 unspecified atom stereocenters. The van der Waals surface area contributed by atoms with Crippen LogP contribution >= 0.6 is 0 Å². The molecule has 0 aliphatic heterocycles. The van der Waals surface area contributed by atoms with Gasteiger partial charge in [0.2, 0.25) is 0 Å². The quantitative estimate of drug-likeness (QED) is 0.894. The largest absolute Gasteiger partial charge is 0.508 e. The van der Waals surface area contributed by atoms with E-state index in [4.69, 9.17) is 4.74 Å². The van der Waals surface area contributed by atoms with Gasteiger partial charge in [-0.15, -0.1) is 0 Å². The van der Waals surface area contributed by atoms with Crippen LogP contribution in [0, 0.1) is 0 Å². The zero-order valence-electron chi connectivity index (χ0n) is 10.8. The molecule has 0 amide bonds. The van der Waals surface area contributed by atoms with Crippen LogP contribution < -0.4 is 4.74 Å². The number of Topliss-reactive ketones (excluding diaryl/α,β-unsaturated/α-hetero) is 1. The van der Waals surface area contributed by atoms with Gasteiger partial charge < -0.3 is 9.84 Å². The van der Waals surface area contributed by atoms with E-state index in [-0.39, 0.29) is 11.5 Å². The van der Waals surface area contributed by atoms with Crippen LogP contribution in [0.15, 0.2) is 48.5 Å². The van der Waals surface area contributed by atoms with Crippen molar-refractivity contribution >= 4 is 5.78 Å². The molecular weight excluding hydrogens is 240 g/mol. The fourth-order valence-electron chi connectivity index (χ4n) is 1.97. The topological polar surface area (TPSA) is 46.5 Å². The molecule has 0 bridgehead atoms. The number of benzene rings is 2. The van der Waals surface area contributed by atoms with Crippen LogP contribution in [0.2, 0.25) is 0 Å². The molecule has 3 heteroatoms. The van der Waals surface area contributed by atoms with Crippen LogP contribution in [0.1, 0.15) is 11.1 Å². The molecule has 19 heavy (non-hydrogen) atoms. The lowest BCUT2D eigenvalue weighted by Gasteiger charge is -2.05. The van der Waals surface area contributed by atoms with Crippen LogP contribution in [0.5, 0.6) is 11.5 Å². The number of carbonyl (C=O) groups excluding carboxylic acids is 1. The van der Waals surface area contributed by atoms with Crippen molar-refractivity contribution in [3.8, 4) is 11.5 Å². The lowest BCUT2D eigenvalue weighted by Crippen LogP contribution is -2.06. The van der Waals surface area contributed by atoms with E-state index in [2.05, 4.69) is 0 Å². The Kier molecular flexibility index (Phi) is 4.18. The lowest BCUT2D eigenvalue weighted by molar-refractivity contribution is -0.117. The van der Waals surface area contributed by atoms with Crippen LogP contribution in [0.25, 0.3) is 0 Å². The molecule has 0 aromatic heterocycles. The van der Waals surface area contributed by atoms with Gasteiger partial charge in [0, 0.05) is 12.8 Å². The second kappa shape index (κ2) is 6.05. The van der Waals surface area contributed by atoms with E-state index in [1.165, 1.54) is 0 Å². The van der Waals surface area contributed by atoms with Gasteiger partial charge in [-0.25, -0.2) is 0 Å². The smallest absolute Gasteiger partial charge is 0.141 e. The highest BCUT2D eigenvalue weighted by Crippen LogP contribution is 2.15. The minimum Gasteiger partial charge on any atom is -0.508 e. The highest BCUT2D eigenvalue weighted by atomic mass is 16.5. The summed E-state index contributed by atoms with van der Waals surface area (Å²) in [6.45, 7) is 0. The first-order valence-corrected chi connectivity index (χ1v) is 6.10. The Morgan fingerprint density at radius 2 is 1.68 bits per heavy atom. The van der Waals surface area contributed by atoms with Crippen LogP contribution in [-0.4, -0.2) is 18.0 Å². The van der Waals surface area contributed by atoms with Gasteiger partial charge in [0.15, 0.2) is 0 Å². The van der Waals surface area contributed by atoms with Crippen molar-refractivity contribution in [3.05, 3.63) is 59.7 Å². The SMILES string of the molecule is COc1cccc(CC(=O)Cc2cccc(O)c2)c1. The van der Waals surface area contributed by atoms with Gasteiger partial charge in [0.1, 0.15) is 17.3 Å². The van der Waals surface area contributed by atoms with Gasteiger partial charge in [0.25, 0.3) is 0 Å². The summed E-state index contributed by atoms with van der Waals surface area (Å²) in [5.41, 5.74) is 1.76. The number of hydrogen-bond donors (Lipinski definition) is 1. The second-order valence-electron chi connectivity index (χ2n) is 4.41. The molecule has 0 atom stereocenters. The van der Waals surface area contributed by atoms with Crippen LogP contribution in [0.4, 0.5) is 0 Å². The Bertz CT molecular complexity index is 576. The third kappa shape index (κ3) is 3.85. The molecule has 2 rings (SSSR count). The molecule has 98 valence electrons. The molecule has 0 aliphatic carbocycles. The maximum Gasteiger partial charge on any atom is 0.141 e.